The molecule has 2 N–H and O–H groups in total. The molecular weight excluding hydrogens is 334 g/mol. The van der Waals surface area contributed by atoms with Gasteiger partial charge in [-0.25, -0.2) is 0 Å². The van der Waals surface area contributed by atoms with E-state index in [1.807, 2.05) is 27.7 Å². The number of halogens is 1. The first-order valence-electron chi connectivity index (χ1n) is 9.79. The zero-order valence-electron chi connectivity index (χ0n) is 16.8. The average Bonchev–Trinajstić information content (AvgIpc) is 2.53. The van der Waals surface area contributed by atoms with Gasteiger partial charge in [0.15, 0.2) is 5.90 Å². The molecule has 0 amide bonds. The molecule has 4 nitrogen and oxygen atoms in total. The van der Waals surface area contributed by atoms with Gasteiger partial charge in [0, 0.05) is 12.0 Å². The summed E-state index contributed by atoms with van der Waals surface area (Å²) in [6.07, 6.45) is 6.95. The Balaban J connectivity index is 2.54. The van der Waals surface area contributed by atoms with Crippen LogP contribution in [0.3, 0.4) is 0 Å². The Labute approximate surface area is 159 Å². The van der Waals surface area contributed by atoms with E-state index in [1.54, 1.807) is 0 Å². The summed E-state index contributed by atoms with van der Waals surface area (Å²) in [6.45, 7) is 14.5. The van der Waals surface area contributed by atoms with Crippen LogP contribution in [-0.4, -0.2) is 49.1 Å². The van der Waals surface area contributed by atoms with Gasteiger partial charge in [0.25, 0.3) is 0 Å². The average molecular weight is 372 g/mol. The minimum atomic E-state index is 0.161. The maximum Gasteiger partial charge on any atom is 0.180 e. The van der Waals surface area contributed by atoms with Crippen molar-refractivity contribution >= 4 is 17.5 Å². The van der Waals surface area contributed by atoms with Gasteiger partial charge in [-0.1, -0.05) is 24.6 Å². The minimum absolute atomic E-state index is 0.161. The first kappa shape index (κ1) is 22.5. The van der Waals surface area contributed by atoms with Gasteiger partial charge in [0.2, 0.25) is 0 Å². The van der Waals surface area contributed by atoms with Gasteiger partial charge in [-0.15, -0.1) is 0 Å². The molecule has 0 aromatic carbocycles. The third-order valence-corrected chi connectivity index (χ3v) is 4.99. The van der Waals surface area contributed by atoms with Crippen molar-refractivity contribution in [2.45, 2.75) is 72.4 Å². The van der Waals surface area contributed by atoms with Crippen molar-refractivity contribution in [3.8, 4) is 0 Å². The molecule has 1 aliphatic heterocycles. The van der Waals surface area contributed by atoms with Crippen molar-refractivity contribution in [1.29, 1.82) is 0 Å². The van der Waals surface area contributed by atoms with Gasteiger partial charge < -0.3 is 15.4 Å². The summed E-state index contributed by atoms with van der Waals surface area (Å²) in [6, 6.07) is 0.217. The number of ether oxygens (including phenoxy) is 1. The van der Waals surface area contributed by atoms with Crippen LogP contribution in [0.15, 0.2) is 16.1 Å². The first-order chi connectivity index (χ1) is 11.8. The fraction of sp³-hybridized carbons (Fsp3) is 0.850. The Morgan fingerprint density at radius 3 is 2.44 bits per heavy atom. The maximum absolute atomic E-state index is 6.08. The molecule has 1 saturated heterocycles. The standard InChI is InChI=1S/C20H38ClN3O/c1-15(2)25-18(5)23-20(16(3)13-17(4)21)7-6-10-24-11-8-19(14-22)9-12-24/h13,15-16,19-20H,6-12,14,22H2,1-5H3/b17-13+,23-18?. The van der Waals surface area contributed by atoms with Crippen LogP contribution >= 0.6 is 11.6 Å². The Morgan fingerprint density at radius 1 is 1.28 bits per heavy atom. The number of hydrogen-bond donors (Lipinski definition) is 1. The molecule has 2 atom stereocenters. The highest BCUT2D eigenvalue weighted by Gasteiger charge is 2.19. The van der Waals surface area contributed by atoms with Crippen LogP contribution in [0.1, 0.15) is 60.3 Å². The SMILES string of the molecule is CC(=NC(CCCN1CCC(CN)CC1)C(C)/C=C(\C)Cl)OC(C)C. The third kappa shape index (κ3) is 9.62. The topological polar surface area (TPSA) is 50.8 Å². The number of nitrogens with zero attached hydrogens (tertiary/aromatic N) is 2. The predicted molar refractivity (Wildman–Crippen MR) is 109 cm³/mol. The van der Waals surface area contributed by atoms with Crippen LogP contribution in [0, 0.1) is 11.8 Å². The van der Waals surface area contributed by atoms with Crippen molar-refractivity contribution in [3.63, 3.8) is 0 Å². The van der Waals surface area contributed by atoms with Crippen LogP contribution in [0.2, 0.25) is 0 Å². The number of rotatable bonds is 9. The van der Waals surface area contributed by atoms with Crippen molar-refractivity contribution in [2.24, 2.45) is 22.6 Å². The van der Waals surface area contributed by atoms with Crippen molar-refractivity contribution < 1.29 is 4.74 Å². The largest absolute Gasteiger partial charge is 0.479 e. The fourth-order valence-corrected chi connectivity index (χ4v) is 3.69. The molecule has 25 heavy (non-hydrogen) atoms. The highest BCUT2D eigenvalue weighted by molar-refractivity contribution is 6.29. The summed E-state index contributed by atoms with van der Waals surface area (Å²) >= 11 is 6.08. The molecule has 1 heterocycles. The van der Waals surface area contributed by atoms with Gasteiger partial charge in [0.05, 0.1) is 12.1 Å². The van der Waals surface area contributed by atoms with Crippen molar-refractivity contribution in [3.05, 3.63) is 11.1 Å². The molecule has 0 bridgehead atoms. The molecular formula is C20H38ClN3O. The molecule has 5 heteroatoms. The van der Waals surface area contributed by atoms with E-state index >= 15 is 0 Å². The van der Waals surface area contributed by atoms with E-state index in [1.165, 1.54) is 25.9 Å². The van der Waals surface area contributed by atoms with Gasteiger partial charge in [-0.2, -0.15) is 0 Å². The lowest BCUT2D eigenvalue weighted by Crippen LogP contribution is -2.36. The zero-order chi connectivity index (χ0) is 18.8. The molecule has 0 spiro atoms. The number of piperidine rings is 1. The van der Waals surface area contributed by atoms with Gasteiger partial charge in [-0.3, -0.25) is 4.99 Å². The lowest BCUT2D eigenvalue weighted by molar-refractivity contribution is 0.182. The second-order valence-electron chi connectivity index (χ2n) is 7.66. The van der Waals surface area contributed by atoms with E-state index in [0.29, 0.717) is 5.92 Å². The molecule has 1 aliphatic rings. The molecule has 2 unspecified atom stereocenters. The number of nitrogens with two attached hydrogens (primary N) is 1. The van der Waals surface area contributed by atoms with Crippen LogP contribution in [-0.2, 0) is 4.74 Å². The highest BCUT2D eigenvalue weighted by Crippen LogP contribution is 2.20. The van der Waals surface area contributed by atoms with Gasteiger partial charge in [-0.05, 0) is 84.5 Å². The van der Waals surface area contributed by atoms with Gasteiger partial charge in [0.1, 0.15) is 0 Å². The van der Waals surface area contributed by atoms with Crippen LogP contribution in [0.25, 0.3) is 0 Å². The molecule has 0 saturated carbocycles. The Bertz CT molecular complexity index is 425. The molecule has 0 aliphatic carbocycles. The maximum atomic E-state index is 6.08. The van der Waals surface area contributed by atoms with E-state index in [2.05, 4.69) is 17.9 Å². The monoisotopic (exact) mass is 371 g/mol. The van der Waals surface area contributed by atoms with E-state index in [4.69, 9.17) is 27.1 Å². The molecule has 0 aromatic rings. The Morgan fingerprint density at radius 2 is 1.92 bits per heavy atom. The highest BCUT2D eigenvalue weighted by atomic mass is 35.5. The van der Waals surface area contributed by atoms with E-state index in [0.717, 1.165) is 42.8 Å². The lowest BCUT2D eigenvalue weighted by Gasteiger charge is -2.31. The smallest absolute Gasteiger partial charge is 0.180 e. The molecule has 146 valence electrons. The normalized spacial score (nSPS) is 20.8. The summed E-state index contributed by atoms with van der Waals surface area (Å²) in [7, 11) is 0. The zero-order valence-corrected chi connectivity index (χ0v) is 17.6. The van der Waals surface area contributed by atoms with E-state index in [9.17, 15) is 0 Å². The number of aliphatic imine (C=N–C) groups is 1. The third-order valence-electron chi connectivity index (χ3n) is 4.87. The summed E-state index contributed by atoms with van der Waals surface area (Å²) < 4.78 is 5.73. The fourth-order valence-electron chi connectivity index (χ4n) is 3.49. The summed E-state index contributed by atoms with van der Waals surface area (Å²) in [4.78, 5) is 7.40. The Hall–Kier alpha value is -0.580. The summed E-state index contributed by atoms with van der Waals surface area (Å²) in [5.41, 5.74) is 5.78. The molecule has 0 radical (unpaired) electrons. The minimum Gasteiger partial charge on any atom is -0.479 e. The number of allylic oxidation sites excluding steroid dienone is 1. The molecule has 0 aromatic heterocycles. The van der Waals surface area contributed by atoms with Crippen molar-refractivity contribution in [2.75, 3.05) is 26.2 Å². The number of likely N-dealkylation sites (tertiary alicyclic amines) is 1. The van der Waals surface area contributed by atoms with Crippen molar-refractivity contribution in [1.82, 2.24) is 4.90 Å². The second-order valence-corrected chi connectivity index (χ2v) is 8.25. The van der Waals surface area contributed by atoms with Crippen LogP contribution < -0.4 is 5.73 Å². The van der Waals surface area contributed by atoms with Crippen LogP contribution in [0.5, 0.6) is 0 Å². The lowest BCUT2D eigenvalue weighted by atomic mass is 9.95. The van der Waals surface area contributed by atoms with E-state index < -0.39 is 0 Å². The molecule has 1 fully saturated rings. The second kappa shape index (κ2) is 11.9. The van der Waals surface area contributed by atoms with Gasteiger partial charge >= 0.3 is 0 Å². The summed E-state index contributed by atoms with van der Waals surface area (Å²) in [5.74, 6) is 1.81. The predicted octanol–water partition coefficient (Wildman–Crippen LogP) is 4.43. The Kier molecular flexibility index (Phi) is 10.7. The van der Waals surface area contributed by atoms with Crippen LogP contribution in [0.4, 0.5) is 0 Å². The first-order valence-corrected chi connectivity index (χ1v) is 10.2. The quantitative estimate of drug-likeness (QED) is 0.482. The number of hydrogen-bond acceptors (Lipinski definition) is 4. The molecule has 1 rings (SSSR count). The van der Waals surface area contributed by atoms with E-state index in [-0.39, 0.29) is 12.1 Å². The summed E-state index contributed by atoms with van der Waals surface area (Å²) in [5, 5.41) is 0.832.